The Morgan fingerprint density at radius 2 is 1.32 bits per heavy atom. The van der Waals surface area contributed by atoms with Gasteiger partial charge in [-0.1, -0.05) is 42.8 Å². The zero-order chi connectivity index (χ0) is 25.5. The summed E-state index contributed by atoms with van der Waals surface area (Å²) in [7, 11) is 0. The quantitative estimate of drug-likeness (QED) is 0.312. The van der Waals surface area contributed by atoms with Crippen LogP contribution in [0.3, 0.4) is 0 Å². The van der Waals surface area contributed by atoms with E-state index in [9.17, 15) is 9.59 Å². The van der Waals surface area contributed by atoms with Crippen LogP contribution in [0, 0.1) is 11.8 Å². The van der Waals surface area contributed by atoms with E-state index in [2.05, 4.69) is 10.6 Å². The molecular formula is C31H34N2O4. The second-order valence-electron chi connectivity index (χ2n) is 10.1. The number of benzene rings is 3. The highest BCUT2D eigenvalue weighted by Crippen LogP contribution is 2.30. The van der Waals surface area contributed by atoms with Crippen molar-refractivity contribution in [2.24, 2.45) is 11.8 Å². The van der Waals surface area contributed by atoms with Gasteiger partial charge in [0.1, 0.15) is 5.75 Å². The smallest absolute Gasteiger partial charge is 0.411 e. The van der Waals surface area contributed by atoms with Gasteiger partial charge in [-0.05, 0) is 91.1 Å². The second-order valence-corrected chi connectivity index (χ2v) is 10.1. The van der Waals surface area contributed by atoms with Gasteiger partial charge in [-0.2, -0.15) is 0 Å². The van der Waals surface area contributed by atoms with Gasteiger partial charge < -0.3 is 14.8 Å². The number of nitrogens with one attached hydrogen (secondary N) is 2. The van der Waals surface area contributed by atoms with Crippen molar-refractivity contribution in [3.05, 3.63) is 89.5 Å². The van der Waals surface area contributed by atoms with E-state index in [1.807, 2.05) is 72.8 Å². The van der Waals surface area contributed by atoms with E-state index in [-0.39, 0.29) is 11.8 Å². The van der Waals surface area contributed by atoms with Gasteiger partial charge in [-0.3, -0.25) is 10.1 Å². The van der Waals surface area contributed by atoms with Crippen molar-refractivity contribution in [3.63, 3.8) is 0 Å². The van der Waals surface area contributed by atoms with Crippen LogP contribution in [-0.4, -0.2) is 25.2 Å². The van der Waals surface area contributed by atoms with Gasteiger partial charge in [0.05, 0.1) is 13.2 Å². The summed E-state index contributed by atoms with van der Waals surface area (Å²) in [5, 5.41) is 5.78. The van der Waals surface area contributed by atoms with E-state index < -0.39 is 6.09 Å². The highest BCUT2D eigenvalue weighted by Gasteiger charge is 2.25. The van der Waals surface area contributed by atoms with Crippen LogP contribution in [0.5, 0.6) is 5.75 Å². The predicted octanol–water partition coefficient (Wildman–Crippen LogP) is 6.60. The van der Waals surface area contributed by atoms with Gasteiger partial charge >= 0.3 is 6.09 Å². The third-order valence-electron chi connectivity index (χ3n) is 7.04. The van der Waals surface area contributed by atoms with Crippen LogP contribution in [0.1, 0.15) is 48.8 Å². The minimum absolute atomic E-state index is 0.128. The van der Waals surface area contributed by atoms with Crippen LogP contribution in [0.4, 0.5) is 16.2 Å². The highest BCUT2D eigenvalue weighted by atomic mass is 16.5. The number of anilines is 2. The summed E-state index contributed by atoms with van der Waals surface area (Å²) in [5.41, 5.74) is 4.93. The molecule has 0 bridgehead atoms. The van der Waals surface area contributed by atoms with Gasteiger partial charge in [-0.25, -0.2) is 4.79 Å². The highest BCUT2D eigenvalue weighted by molar-refractivity contribution is 5.93. The normalized spacial score (nSPS) is 14.9. The Hall–Kier alpha value is -3.80. The summed E-state index contributed by atoms with van der Waals surface area (Å²) in [6, 6.07) is 23.7. The lowest BCUT2D eigenvalue weighted by molar-refractivity contribution is -0.122. The van der Waals surface area contributed by atoms with Crippen molar-refractivity contribution in [1.29, 1.82) is 0 Å². The second kappa shape index (κ2) is 12.0. The molecule has 192 valence electrons. The number of rotatable bonds is 11. The van der Waals surface area contributed by atoms with E-state index in [1.54, 1.807) is 0 Å². The molecule has 2 N–H and O–H groups in total. The maximum atomic E-state index is 12.2. The van der Waals surface area contributed by atoms with Gasteiger partial charge in [0.25, 0.3) is 0 Å². The monoisotopic (exact) mass is 498 g/mol. The first-order chi connectivity index (χ1) is 18.1. The lowest BCUT2D eigenvalue weighted by Crippen LogP contribution is -2.27. The number of ether oxygens (including phenoxy) is 2. The van der Waals surface area contributed by atoms with E-state index in [0.717, 1.165) is 66.3 Å². The minimum atomic E-state index is -0.461. The zero-order valence-electron chi connectivity index (χ0n) is 21.1. The average Bonchev–Trinajstić information content (AvgIpc) is 3.70. The topological polar surface area (TPSA) is 76.7 Å². The molecule has 2 aliphatic rings. The SMILES string of the molecule is O=C(Nc1ccc(Cc2ccc(NC(=O)C3CCC3)cc2)cc1)OCCc1ccc(OCC2CC2)cc1. The lowest BCUT2D eigenvalue weighted by Gasteiger charge is -2.24. The minimum Gasteiger partial charge on any atom is -0.493 e. The number of hydrogen-bond donors (Lipinski definition) is 2. The summed E-state index contributed by atoms with van der Waals surface area (Å²) in [5.74, 6) is 1.93. The van der Waals surface area contributed by atoms with Crippen molar-refractivity contribution >= 4 is 23.4 Å². The van der Waals surface area contributed by atoms with Crippen molar-refractivity contribution in [1.82, 2.24) is 0 Å². The molecule has 0 radical (unpaired) electrons. The fourth-order valence-electron chi connectivity index (χ4n) is 4.23. The summed E-state index contributed by atoms with van der Waals surface area (Å²) < 4.78 is 11.1. The average molecular weight is 499 g/mol. The van der Waals surface area contributed by atoms with Gasteiger partial charge in [0.2, 0.25) is 5.91 Å². The van der Waals surface area contributed by atoms with Crippen molar-refractivity contribution in [3.8, 4) is 5.75 Å². The first-order valence-electron chi connectivity index (χ1n) is 13.2. The van der Waals surface area contributed by atoms with Crippen LogP contribution < -0.4 is 15.4 Å². The summed E-state index contributed by atoms with van der Waals surface area (Å²) in [6.45, 7) is 1.11. The summed E-state index contributed by atoms with van der Waals surface area (Å²) >= 11 is 0. The van der Waals surface area contributed by atoms with Crippen molar-refractivity contribution in [2.45, 2.75) is 44.9 Å². The molecule has 6 heteroatoms. The molecule has 0 aliphatic heterocycles. The molecule has 2 fully saturated rings. The fourth-order valence-corrected chi connectivity index (χ4v) is 4.23. The summed E-state index contributed by atoms with van der Waals surface area (Å²) in [4.78, 5) is 24.3. The molecule has 2 amide bonds. The Balaban J connectivity index is 1.01. The first kappa shape index (κ1) is 24.9. The fraction of sp³-hybridized carbons (Fsp3) is 0.355. The molecule has 0 saturated heterocycles. The number of hydrogen-bond acceptors (Lipinski definition) is 4. The summed E-state index contributed by atoms with van der Waals surface area (Å²) in [6.07, 6.45) is 6.66. The molecule has 5 rings (SSSR count). The van der Waals surface area contributed by atoms with E-state index in [0.29, 0.717) is 18.7 Å². The van der Waals surface area contributed by atoms with E-state index in [4.69, 9.17) is 9.47 Å². The van der Waals surface area contributed by atoms with Crippen molar-refractivity contribution in [2.75, 3.05) is 23.8 Å². The van der Waals surface area contributed by atoms with Gasteiger partial charge in [0, 0.05) is 23.7 Å². The number of carbonyl (C=O) groups is 2. The molecule has 0 unspecified atom stereocenters. The zero-order valence-corrected chi connectivity index (χ0v) is 21.1. The third-order valence-corrected chi connectivity index (χ3v) is 7.04. The number of amides is 2. The van der Waals surface area contributed by atoms with Crippen LogP contribution in [0.25, 0.3) is 0 Å². The third kappa shape index (κ3) is 7.59. The van der Waals surface area contributed by atoms with Crippen LogP contribution in [-0.2, 0) is 22.4 Å². The first-order valence-corrected chi connectivity index (χ1v) is 13.2. The molecule has 3 aromatic rings. The molecule has 2 saturated carbocycles. The van der Waals surface area contributed by atoms with E-state index in [1.165, 1.54) is 12.8 Å². The van der Waals surface area contributed by atoms with Crippen LogP contribution in [0.15, 0.2) is 72.8 Å². The Morgan fingerprint density at radius 1 is 0.730 bits per heavy atom. The van der Waals surface area contributed by atoms with Gasteiger partial charge in [0.15, 0.2) is 0 Å². The Morgan fingerprint density at radius 3 is 1.89 bits per heavy atom. The molecular weight excluding hydrogens is 464 g/mol. The standard InChI is InChI=1S/C31H34N2O4/c34-30(26-2-1-3-26)32-27-12-6-23(7-13-27)20-24-8-14-28(15-9-24)33-31(35)36-19-18-22-10-16-29(17-11-22)37-21-25-4-5-25/h6-17,25-26H,1-5,18-21H2,(H,32,34)(H,33,35). The van der Waals surface area contributed by atoms with Gasteiger partial charge in [-0.15, -0.1) is 0 Å². The predicted molar refractivity (Wildman–Crippen MR) is 145 cm³/mol. The molecule has 0 atom stereocenters. The van der Waals surface area contributed by atoms with Crippen LogP contribution >= 0.6 is 0 Å². The molecule has 2 aliphatic carbocycles. The Bertz CT molecular complexity index is 1180. The molecule has 0 aromatic heterocycles. The molecule has 6 nitrogen and oxygen atoms in total. The molecule has 3 aromatic carbocycles. The molecule has 0 spiro atoms. The Labute approximate surface area is 218 Å². The Kier molecular flexibility index (Phi) is 8.04. The maximum absolute atomic E-state index is 12.2. The number of carbonyl (C=O) groups excluding carboxylic acids is 2. The van der Waals surface area contributed by atoms with E-state index >= 15 is 0 Å². The lowest BCUT2D eigenvalue weighted by atomic mass is 9.85. The van der Waals surface area contributed by atoms with Crippen molar-refractivity contribution < 1.29 is 19.1 Å². The van der Waals surface area contributed by atoms with Crippen LogP contribution in [0.2, 0.25) is 0 Å². The molecule has 0 heterocycles. The maximum Gasteiger partial charge on any atom is 0.411 e. The largest absolute Gasteiger partial charge is 0.493 e. The molecule has 37 heavy (non-hydrogen) atoms.